The summed E-state index contributed by atoms with van der Waals surface area (Å²) in [6.45, 7) is 9.21. The molecule has 0 saturated carbocycles. The van der Waals surface area contributed by atoms with Gasteiger partial charge in [-0.05, 0) is 51.9 Å². The van der Waals surface area contributed by atoms with E-state index >= 15 is 0 Å². The Morgan fingerprint density at radius 1 is 1.26 bits per heavy atom. The van der Waals surface area contributed by atoms with Crippen molar-refractivity contribution >= 4 is 21.8 Å². The Labute approximate surface area is 122 Å². The van der Waals surface area contributed by atoms with Gasteiger partial charge in [-0.25, -0.2) is 4.39 Å². The van der Waals surface area contributed by atoms with E-state index in [2.05, 4.69) is 48.9 Å². The maximum absolute atomic E-state index is 13.4. The zero-order valence-corrected chi connectivity index (χ0v) is 13.4. The van der Waals surface area contributed by atoms with Crippen LogP contribution in [0.2, 0.25) is 0 Å². The van der Waals surface area contributed by atoms with Gasteiger partial charge in [-0.2, -0.15) is 0 Å². The van der Waals surface area contributed by atoms with E-state index in [0.717, 1.165) is 0 Å². The van der Waals surface area contributed by atoms with Crippen LogP contribution in [0, 0.1) is 23.6 Å². The minimum absolute atomic E-state index is 0.224. The van der Waals surface area contributed by atoms with Gasteiger partial charge in [0.1, 0.15) is 5.82 Å². The standard InChI is InChI=1S/C15H21BrFNO/c1-9(2)12(10(3)4)8-18-15(19)11-5-6-13(16)14(17)7-11/h5-7,9-10,12H,8H2,1-4H3,(H,18,19). The van der Waals surface area contributed by atoms with Gasteiger partial charge in [0.15, 0.2) is 0 Å². The van der Waals surface area contributed by atoms with E-state index < -0.39 is 5.82 Å². The second-order valence-corrected chi connectivity index (χ2v) is 6.35. The summed E-state index contributed by atoms with van der Waals surface area (Å²) in [7, 11) is 0. The third kappa shape index (κ3) is 4.60. The van der Waals surface area contributed by atoms with Crippen molar-refractivity contribution in [2.24, 2.45) is 17.8 Å². The zero-order chi connectivity index (χ0) is 14.6. The van der Waals surface area contributed by atoms with Gasteiger partial charge in [0.2, 0.25) is 0 Å². The Morgan fingerprint density at radius 2 is 1.84 bits per heavy atom. The second kappa shape index (κ2) is 7.04. The Balaban J connectivity index is 2.66. The predicted molar refractivity (Wildman–Crippen MR) is 79.6 cm³/mol. The minimum atomic E-state index is -0.420. The molecule has 106 valence electrons. The molecule has 0 saturated heterocycles. The van der Waals surface area contributed by atoms with Crippen LogP contribution >= 0.6 is 15.9 Å². The zero-order valence-electron chi connectivity index (χ0n) is 11.8. The molecule has 0 bridgehead atoms. The summed E-state index contributed by atoms with van der Waals surface area (Å²) in [5, 5.41) is 2.89. The molecule has 0 aliphatic heterocycles. The van der Waals surface area contributed by atoms with Crippen LogP contribution in [0.1, 0.15) is 38.1 Å². The summed E-state index contributed by atoms with van der Waals surface area (Å²) in [6, 6.07) is 4.41. The van der Waals surface area contributed by atoms with Crippen LogP contribution in [0.4, 0.5) is 4.39 Å². The molecule has 0 unspecified atom stereocenters. The topological polar surface area (TPSA) is 29.1 Å². The van der Waals surface area contributed by atoms with Crippen molar-refractivity contribution in [1.82, 2.24) is 5.32 Å². The Hall–Kier alpha value is -0.900. The lowest BCUT2D eigenvalue weighted by molar-refractivity contribution is 0.0936. The maximum Gasteiger partial charge on any atom is 0.251 e. The van der Waals surface area contributed by atoms with Crippen molar-refractivity contribution < 1.29 is 9.18 Å². The number of benzene rings is 1. The first kappa shape index (κ1) is 16.2. The lowest BCUT2D eigenvalue weighted by Gasteiger charge is -2.25. The molecule has 0 heterocycles. The Kier molecular flexibility index (Phi) is 5.98. The number of hydrogen-bond acceptors (Lipinski definition) is 1. The molecule has 0 fully saturated rings. The van der Waals surface area contributed by atoms with E-state index in [1.807, 2.05) is 0 Å². The molecular formula is C15H21BrFNO. The van der Waals surface area contributed by atoms with E-state index in [0.29, 0.717) is 34.3 Å². The molecule has 1 amide bonds. The molecule has 2 nitrogen and oxygen atoms in total. The summed E-state index contributed by atoms with van der Waals surface area (Å²) in [6.07, 6.45) is 0. The smallest absolute Gasteiger partial charge is 0.251 e. The third-order valence-corrected chi connectivity index (χ3v) is 4.04. The van der Waals surface area contributed by atoms with E-state index in [9.17, 15) is 9.18 Å². The number of carbonyl (C=O) groups excluding carboxylic acids is 1. The number of rotatable bonds is 5. The van der Waals surface area contributed by atoms with Gasteiger partial charge < -0.3 is 5.32 Å². The molecular weight excluding hydrogens is 309 g/mol. The third-order valence-electron chi connectivity index (χ3n) is 3.39. The van der Waals surface area contributed by atoms with Crippen LogP contribution in [0.5, 0.6) is 0 Å². The van der Waals surface area contributed by atoms with Gasteiger partial charge in [-0.3, -0.25) is 4.79 Å². The van der Waals surface area contributed by atoms with Crippen molar-refractivity contribution in [3.8, 4) is 0 Å². The van der Waals surface area contributed by atoms with E-state index in [4.69, 9.17) is 0 Å². The van der Waals surface area contributed by atoms with Crippen LogP contribution in [0.15, 0.2) is 22.7 Å². The van der Waals surface area contributed by atoms with Crippen molar-refractivity contribution in [3.05, 3.63) is 34.1 Å². The molecule has 0 atom stereocenters. The highest BCUT2D eigenvalue weighted by atomic mass is 79.9. The van der Waals surface area contributed by atoms with Crippen LogP contribution in [0.3, 0.4) is 0 Å². The SMILES string of the molecule is CC(C)C(CNC(=O)c1ccc(Br)c(F)c1)C(C)C. The van der Waals surface area contributed by atoms with E-state index in [1.54, 1.807) is 12.1 Å². The number of nitrogens with one attached hydrogen (secondary N) is 1. The summed E-state index contributed by atoms with van der Waals surface area (Å²) in [5.74, 6) is 0.780. The normalized spacial score (nSPS) is 11.4. The van der Waals surface area contributed by atoms with Gasteiger partial charge in [0.05, 0.1) is 4.47 Å². The number of hydrogen-bond donors (Lipinski definition) is 1. The molecule has 0 spiro atoms. The molecule has 0 radical (unpaired) electrons. The van der Waals surface area contributed by atoms with Crippen molar-refractivity contribution in [1.29, 1.82) is 0 Å². The second-order valence-electron chi connectivity index (χ2n) is 5.49. The van der Waals surface area contributed by atoms with Crippen molar-refractivity contribution in [3.63, 3.8) is 0 Å². The number of halogens is 2. The summed E-state index contributed by atoms with van der Waals surface area (Å²) in [4.78, 5) is 12.0. The van der Waals surface area contributed by atoms with Gasteiger partial charge in [0, 0.05) is 12.1 Å². The quantitative estimate of drug-likeness (QED) is 0.859. The summed E-state index contributed by atoms with van der Waals surface area (Å²) < 4.78 is 13.7. The Morgan fingerprint density at radius 3 is 2.32 bits per heavy atom. The molecule has 1 N–H and O–H groups in total. The van der Waals surface area contributed by atoms with Crippen LogP contribution in [-0.2, 0) is 0 Å². The highest BCUT2D eigenvalue weighted by molar-refractivity contribution is 9.10. The molecule has 0 aliphatic carbocycles. The predicted octanol–water partition coefficient (Wildman–Crippen LogP) is 4.25. The molecule has 4 heteroatoms. The fourth-order valence-electron chi connectivity index (χ4n) is 2.19. The van der Waals surface area contributed by atoms with Crippen molar-refractivity contribution in [2.45, 2.75) is 27.7 Å². The maximum atomic E-state index is 13.4. The lowest BCUT2D eigenvalue weighted by Crippen LogP contribution is -2.33. The Bertz CT molecular complexity index is 438. The monoisotopic (exact) mass is 329 g/mol. The first-order chi connectivity index (χ1) is 8.82. The molecule has 1 aromatic carbocycles. The highest BCUT2D eigenvalue weighted by Gasteiger charge is 2.18. The van der Waals surface area contributed by atoms with Crippen LogP contribution in [0.25, 0.3) is 0 Å². The van der Waals surface area contributed by atoms with E-state index in [1.165, 1.54) is 6.07 Å². The van der Waals surface area contributed by atoms with Gasteiger partial charge in [0.25, 0.3) is 5.91 Å². The molecule has 0 aromatic heterocycles. The summed E-state index contributed by atoms with van der Waals surface area (Å²) in [5.41, 5.74) is 0.354. The molecule has 19 heavy (non-hydrogen) atoms. The average molecular weight is 330 g/mol. The number of carbonyl (C=O) groups is 1. The van der Waals surface area contributed by atoms with Crippen molar-refractivity contribution in [2.75, 3.05) is 6.54 Å². The largest absolute Gasteiger partial charge is 0.352 e. The average Bonchev–Trinajstić information content (AvgIpc) is 2.31. The molecule has 1 aromatic rings. The van der Waals surface area contributed by atoms with Crippen LogP contribution < -0.4 is 5.32 Å². The fourth-order valence-corrected chi connectivity index (χ4v) is 2.44. The lowest BCUT2D eigenvalue weighted by atomic mass is 9.85. The van der Waals surface area contributed by atoms with E-state index in [-0.39, 0.29) is 5.91 Å². The fraction of sp³-hybridized carbons (Fsp3) is 0.533. The molecule has 0 aliphatic rings. The van der Waals surface area contributed by atoms with Gasteiger partial charge >= 0.3 is 0 Å². The first-order valence-electron chi connectivity index (χ1n) is 6.56. The number of amides is 1. The molecule has 1 rings (SSSR count). The van der Waals surface area contributed by atoms with Crippen LogP contribution in [-0.4, -0.2) is 12.5 Å². The summed E-state index contributed by atoms with van der Waals surface area (Å²) >= 11 is 3.07. The van der Waals surface area contributed by atoms with Gasteiger partial charge in [-0.15, -0.1) is 0 Å². The highest BCUT2D eigenvalue weighted by Crippen LogP contribution is 2.20. The first-order valence-corrected chi connectivity index (χ1v) is 7.35. The van der Waals surface area contributed by atoms with Gasteiger partial charge in [-0.1, -0.05) is 27.7 Å². The minimum Gasteiger partial charge on any atom is -0.352 e.